The molecular formula is C14H24N6O. The van der Waals surface area contributed by atoms with Gasteiger partial charge in [0.15, 0.2) is 0 Å². The summed E-state index contributed by atoms with van der Waals surface area (Å²) in [4.78, 5) is 22.9. The molecule has 116 valence electrons. The van der Waals surface area contributed by atoms with E-state index < -0.39 is 0 Å². The number of nitrogens with one attached hydrogen (secondary N) is 2. The predicted octanol–water partition coefficient (Wildman–Crippen LogP) is 0.990. The van der Waals surface area contributed by atoms with Crippen molar-refractivity contribution in [1.82, 2.24) is 15.3 Å². The summed E-state index contributed by atoms with van der Waals surface area (Å²) in [5, 5.41) is 2.75. The van der Waals surface area contributed by atoms with Crippen LogP contribution >= 0.6 is 0 Å². The number of hydrogen-bond donors (Lipinski definition) is 3. The number of hydrazine groups is 1. The van der Waals surface area contributed by atoms with E-state index in [2.05, 4.69) is 39.5 Å². The van der Waals surface area contributed by atoms with Crippen molar-refractivity contribution in [3.8, 4) is 0 Å². The van der Waals surface area contributed by atoms with Gasteiger partial charge in [-0.1, -0.05) is 13.8 Å². The molecule has 0 saturated carbocycles. The summed E-state index contributed by atoms with van der Waals surface area (Å²) < 4.78 is 0. The van der Waals surface area contributed by atoms with E-state index in [1.807, 2.05) is 0 Å². The number of nitrogens with two attached hydrogens (primary N) is 1. The third kappa shape index (κ3) is 3.07. The molecule has 2 rings (SSSR count). The van der Waals surface area contributed by atoms with E-state index in [-0.39, 0.29) is 17.9 Å². The first-order valence-corrected chi connectivity index (χ1v) is 7.39. The lowest BCUT2D eigenvalue weighted by Gasteiger charge is -2.37. The molecule has 0 aliphatic carbocycles. The number of aromatic nitrogens is 2. The molecule has 1 fully saturated rings. The average Bonchev–Trinajstić information content (AvgIpc) is 2.53. The number of anilines is 2. The number of amides is 1. The maximum Gasteiger partial charge on any atom is 0.242 e. The third-order valence-electron chi connectivity index (χ3n) is 3.90. The van der Waals surface area contributed by atoms with Crippen molar-refractivity contribution in [2.75, 3.05) is 23.9 Å². The summed E-state index contributed by atoms with van der Waals surface area (Å²) >= 11 is 0. The van der Waals surface area contributed by atoms with Gasteiger partial charge in [-0.2, -0.15) is 0 Å². The standard InChI is InChI=1S/C14H24N6O/c1-9(2)11-12(19-15)17-8-18-13(11)20-7-5-4-6-10(20)14(21)16-3/h8-10H,4-7,15H2,1-3H3,(H,16,21)(H,17,18,19). The van der Waals surface area contributed by atoms with Crippen LogP contribution in [0.3, 0.4) is 0 Å². The van der Waals surface area contributed by atoms with Gasteiger partial charge in [0.2, 0.25) is 5.91 Å². The van der Waals surface area contributed by atoms with Gasteiger partial charge >= 0.3 is 0 Å². The van der Waals surface area contributed by atoms with Gasteiger partial charge in [-0.15, -0.1) is 0 Å². The Morgan fingerprint density at radius 2 is 2.19 bits per heavy atom. The van der Waals surface area contributed by atoms with Crippen LogP contribution in [0.15, 0.2) is 6.33 Å². The molecule has 1 aromatic heterocycles. The molecule has 7 heteroatoms. The highest BCUT2D eigenvalue weighted by Gasteiger charge is 2.31. The smallest absolute Gasteiger partial charge is 0.242 e. The van der Waals surface area contributed by atoms with Gasteiger partial charge in [0.05, 0.1) is 0 Å². The van der Waals surface area contributed by atoms with Crippen molar-refractivity contribution in [2.45, 2.75) is 45.1 Å². The highest BCUT2D eigenvalue weighted by atomic mass is 16.2. The normalized spacial score (nSPS) is 18.7. The SMILES string of the molecule is CNC(=O)C1CCCCN1c1ncnc(NN)c1C(C)C. The van der Waals surface area contributed by atoms with Gasteiger partial charge in [0.1, 0.15) is 24.0 Å². The lowest BCUT2D eigenvalue weighted by atomic mass is 9.98. The Morgan fingerprint density at radius 3 is 2.81 bits per heavy atom. The van der Waals surface area contributed by atoms with Crippen LogP contribution in [-0.4, -0.2) is 35.5 Å². The lowest BCUT2D eigenvalue weighted by molar-refractivity contribution is -0.122. The van der Waals surface area contributed by atoms with Crippen molar-refractivity contribution < 1.29 is 4.79 Å². The summed E-state index contributed by atoms with van der Waals surface area (Å²) in [6, 6.07) is -0.179. The molecule has 1 aliphatic heterocycles. The molecule has 1 amide bonds. The van der Waals surface area contributed by atoms with E-state index >= 15 is 0 Å². The minimum absolute atomic E-state index is 0.0327. The van der Waals surface area contributed by atoms with Crippen LogP contribution < -0.4 is 21.5 Å². The summed E-state index contributed by atoms with van der Waals surface area (Å²) in [6.45, 7) is 4.96. The van der Waals surface area contributed by atoms with Crippen LogP contribution in [-0.2, 0) is 4.79 Å². The van der Waals surface area contributed by atoms with Crippen LogP contribution in [0.4, 0.5) is 11.6 Å². The Labute approximate surface area is 125 Å². The minimum atomic E-state index is -0.179. The number of rotatable bonds is 4. The van der Waals surface area contributed by atoms with Crippen LogP contribution in [0.5, 0.6) is 0 Å². The van der Waals surface area contributed by atoms with Crippen LogP contribution in [0.2, 0.25) is 0 Å². The second-order valence-corrected chi connectivity index (χ2v) is 5.58. The predicted molar refractivity (Wildman–Crippen MR) is 83.0 cm³/mol. The Bertz CT molecular complexity index is 504. The number of carbonyl (C=O) groups excluding carboxylic acids is 1. The zero-order valence-electron chi connectivity index (χ0n) is 12.9. The van der Waals surface area contributed by atoms with Crippen LogP contribution in [0, 0.1) is 0 Å². The number of likely N-dealkylation sites (N-methyl/N-ethyl adjacent to an activating group) is 1. The zero-order valence-corrected chi connectivity index (χ0v) is 12.9. The quantitative estimate of drug-likeness (QED) is 0.566. The number of hydrogen-bond acceptors (Lipinski definition) is 6. The molecule has 0 radical (unpaired) electrons. The molecule has 1 aromatic rings. The maximum absolute atomic E-state index is 12.1. The fourth-order valence-corrected chi connectivity index (χ4v) is 2.89. The molecule has 2 heterocycles. The number of nitrogen functional groups attached to an aromatic ring is 1. The Balaban J connectivity index is 2.45. The molecule has 0 aromatic carbocycles. The highest BCUT2D eigenvalue weighted by Crippen LogP contribution is 2.33. The fourth-order valence-electron chi connectivity index (χ4n) is 2.89. The molecule has 0 bridgehead atoms. The van der Waals surface area contributed by atoms with Gasteiger partial charge in [0.25, 0.3) is 0 Å². The fraction of sp³-hybridized carbons (Fsp3) is 0.643. The van der Waals surface area contributed by atoms with Gasteiger partial charge in [0, 0.05) is 19.2 Å². The van der Waals surface area contributed by atoms with E-state index in [0.29, 0.717) is 5.82 Å². The molecule has 1 atom stereocenters. The third-order valence-corrected chi connectivity index (χ3v) is 3.90. The van der Waals surface area contributed by atoms with Gasteiger partial charge in [-0.25, -0.2) is 15.8 Å². The van der Waals surface area contributed by atoms with Crippen LogP contribution in [0.25, 0.3) is 0 Å². The molecular weight excluding hydrogens is 268 g/mol. The number of piperidine rings is 1. The molecule has 7 nitrogen and oxygen atoms in total. The summed E-state index contributed by atoms with van der Waals surface area (Å²) in [5.74, 6) is 7.24. The van der Waals surface area contributed by atoms with Gasteiger partial charge < -0.3 is 15.6 Å². The van der Waals surface area contributed by atoms with Crippen molar-refractivity contribution in [3.63, 3.8) is 0 Å². The first-order chi connectivity index (χ1) is 10.1. The molecule has 1 saturated heterocycles. The van der Waals surface area contributed by atoms with Crippen LogP contribution in [0.1, 0.15) is 44.6 Å². The summed E-state index contributed by atoms with van der Waals surface area (Å²) in [5.41, 5.74) is 3.59. The summed E-state index contributed by atoms with van der Waals surface area (Å²) in [7, 11) is 1.67. The van der Waals surface area contributed by atoms with E-state index in [4.69, 9.17) is 5.84 Å². The zero-order chi connectivity index (χ0) is 15.4. The van der Waals surface area contributed by atoms with E-state index in [1.54, 1.807) is 7.05 Å². The number of nitrogens with zero attached hydrogens (tertiary/aromatic N) is 3. The van der Waals surface area contributed by atoms with Crippen molar-refractivity contribution in [3.05, 3.63) is 11.9 Å². The van der Waals surface area contributed by atoms with Gasteiger partial charge in [-0.3, -0.25) is 4.79 Å². The topological polar surface area (TPSA) is 96.2 Å². The molecule has 4 N–H and O–H groups in total. The van der Waals surface area contributed by atoms with Crippen molar-refractivity contribution in [2.24, 2.45) is 5.84 Å². The first-order valence-electron chi connectivity index (χ1n) is 7.39. The van der Waals surface area contributed by atoms with E-state index in [1.165, 1.54) is 6.33 Å². The molecule has 1 aliphatic rings. The Kier molecular flexibility index (Phi) is 4.95. The molecule has 21 heavy (non-hydrogen) atoms. The monoisotopic (exact) mass is 292 g/mol. The summed E-state index contributed by atoms with van der Waals surface area (Å²) in [6.07, 6.45) is 4.44. The maximum atomic E-state index is 12.1. The Hall–Kier alpha value is -1.89. The van der Waals surface area contributed by atoms with Crippen molar-refractivity contribution >= 4 is 17.5 Å². The second-order valence-electron chi connectivity index (χ2n) is 5.58. The Morgan fingerprint density at radius 1 is 1.43 bits per heavy atom. The molecule has 1 unspecified atom stereocenters. The molecule has 0 spiro atoms. The second kappa shape index (κ2) is 6.71. The van der Waals surface area contributed by atoms with E-state index in [0.717, 1.165) is 37.2 Å². The van der Waals surface area contributed by atoms with Gasteiger partial charge in [-0.05, 0) is 25.2 Å². The minimum Gasteiger partial charge on any atom is -0.357 e. The number of carbonyl (C=O) groups is 1. The van der Waals surface area contributed by atoms with E-state index in [9.17, 15) is 4.79 Å². The largest absolute Gasteiger partial charge is 0.357 e. The van der Waals surface area contributed by atoms with Crippen molar-refractivity contribution in [1.29, 1.82) is 0 Å². The lowest BCUT2D eigenvalue weighted by Crippen LogP contribution is -2.49. The average molecular weight is 292 g/mol. The first kappa shape index (κ1) is 15.5. The highest BCUT2D eigenvalue weighted by molar-refractivity contribution is 5.85.